The van der Waals surface area contributed by atoms with Gasteiger partial charge in [0.05, 0.1) is 13.2 Å². The van der Waals surface area contributed by atoms with E-state index in [9.17, 15) is 4.79 Å². The van der Waals surface area contributed by atoms with Crippen molar-refractivity contribution in [3.05, 3.63) is 54.1 Å². The van der Waals surface area contributed by atoms with Crippen LogP contribution >= 0.6 is 0 Å². The van der Waals surface area contributed by atoms with E-state index < -0.39 is 0 Å². The van der Waals surface area contributed by atoms with Crippen LogP contribution in [0.25, 0.3) is 0 Å². The molecule has 1 unspecified atom stereocenters. The standard InChI is InChI=1S/C20H24N2O4/c1-24-19-13-15(14-22-17-9-10-21-20(17)23)7-8-18(19)26-12-11-25-16-5-3-2-4-6-16/h2-8,13,17,22H,9-12,14H2,1H3,(H,21,23). The van der Waals surface area contributed by atoms with Gasteiger partial charge >= 0.3 is 0 Å². The summed E-state index contributed by atoms with van der Waals surface area (Å²) in [4.78, 5) is 11.6. The van der Waals surface area contributed by atoms with Gasteiger partial charge in [-0.15, -0.1) is 0 Å². The number of para-hydroxylation sites is 1. The summed E-state index contributed by atoms with van der Waals surface area (Å²) in [5.41, 5.74) is 1.04. The molecule has 3 rings (SSSR count). The minimum Gasteiger partial charge on any atom is -0.493 e. The first-order chi connectivity index (χ1) is 12.8. The molecule has 1 aliphatic rings. The molecule has 0 radical (unpaired) electrons. The highest BCUT2D eigenvalue weighted by atomic mass is 16.5. The van der Waals surface area contributed by atoms with E-state index in [4.69, 9.17) is 14.2 Å². The van der Waals surface area contributed by atoms with E-state index >= 15 is 0 Å². The maximum absolute atomic E-state index is 11.6. The van der Waals surface area contributed by atoms with E-state index in [2.05, 4.69) is 10.6 Å². The molecule has 6 heteroatoms. The fourth-order valence-electron chi connectivity index (χ4n) is 2.80. The minimum atomic E-state index is -0.118. The normalized spacial score (nSPS) is 16.2. The lowest BCUT2D eigenvalue weighted by Crippen LogP contribution is -2.35. The highest BCUT2D eigenvalue weighted by Crippen LogP contribution is 2.28. The molecule has 1 saturated heterocycles. The molecule has 0 saturated carbocycles. The van der Waals surface area contributed by atoms with Crippen LogP contribution in [0.15, 0.2) is 48.5 Å². The molecule has 1 aliphatic heterocycles. The maximum atomic E-state index is 11.6. The molecule has 6 nitrogen and oxygen atoms in total. The summed E-state index contributed by atoms with van der Waals surface area (Å²) in [5, 5.41) is 6.08. The zero-order valence-corrected chi connectivity index (χ0v) is 14.9. The summed E-state index contributed by atoms with van der Waals surface area (Å²) >= 11 is 0. The Morgan fingerprint density at radius 3 is 2.62 bits per heavy atom. The van der Waals surface area contributed by atoms with Crippen molar-refractivity contribution in [1.29, 1.82) is 0 Å². The van der Waals surface area contributed by atoms with Crippen LogP contribution in [0.4, 0.5) is 0 Å². The largest absolute Gasteiger partial charge is 0.493 e. The number of rotatable bonds is 9. The molecular formula is C20H24N2O4. The Morgan fingerprint density at radius 2 is 1.88 bits per heavy atom. The van der Waals surface area contributed by atoms with Gasteiger partial charge in [-0.2, -0.15) is 0 Å². The number of benzene rings is 2. The van der Waals surface area contributed by atoms with Crippen molar-refractivity contribution in [2.45, 2.75) is 19.0 Å². The van der Waals surface area contributed by atoms with Gasteiger partial charge in [-0.1, -0.05) is 24.3 Å². The second kappa shape index (κ2) is 9.10. The lowest BCUT2D eigenvalue weighted by molar-refractivity contribution is -0.120. The molecule has 1 heterocycles. The van der Waals surface area contributed by atoms with Crippen molar-refractivity contribution in [3.63, 3.8) is 0 Å². The average Bonchev–Trinajstić information content (AvgIpc) is 3.09. The second-order valence-corrected chi connectivity index (χ2v) is 6.01. The Balaban J connectivity index is 1.49. The number of carbonyl (C=O) groups is 1. The quantitative estimate of drug-likeness (QED) is 0.674. The average molecular weight is 356 g/mol. The van der Waals surface area contributed by atoms with Gasteiger partial charge in [0.15, 0.2) is 11.5 Å². The van der Waals surface area contributed by atoms with Gasteiger partial charge in [0.1, 0.15) is 19.0 Å². The van der Waals surface area contributed by atoms with Gasteiger partial charge in [-0.25, -0.2) is 0 Å². The van der Waals surface area contributed by atoms with Crippen molar-refractivity contribution < 1.29 is 19.0 Å². The van der Waals surface area contributed by atoms with Gasteiger partial charge in [-0.05, 0) is 36.2 Å². The highest BCUT2D eigenvalue weighted by Gasteiger charge is 2.23. The Morgan fingerprint density at radius 1 is 1.08 bits per heavy atom. The van der Waals surface area contributed by atoms with Crippen LogP contribution in [0.5, 0.6) is 17.2 Å². The first-order valence-corrected chi connectivity index (χ1v) is 8.75. The number of hydrogen-bond acceptors (Lipinski definition) is 5. The molecule has 1 amide bonds. The van der Waals surface area contributed by atoms with E-state index in [1.807, 2.05) is 48.5 Å². The van der Waals surface area contributed by atoms with E-state index in [0.717, 1.165) is 24.3 Å². The number of carbonyl (C=O) groups excluding carboxylic acids is 1. The third-order valence-electron chi connectivity index (χ3n) is 4.18. The van der Waals surface area contributed by atoms with Crippen LogP contribution in [0.3, 0.4) is 0 Å². The monoisotopic (exact) mass is 356 g/mol. The van der Waals surface area contributed by atoms with Crippen LogP contribution in [-0.4, -0.2) is 38.8 Å². The predicted octanol–water partition coefficient (Wildman–Crippen LogP) is 2.13. The molecule has 0 bridgehead atoms. The van der Waals surface area contributed by atoms with Crippen LogP contribution < -0.4 is 24.8 Å². The van der Waals surface area contributed by atoms with Gasteiger partial charge in [0.25, 0.3) is 0 Å². The Hall–Kier alpha value is -2.73. The molecule has 0 aromatic heterocycles. The van der Waals surface area contributed by atoms with Gasteiger partial charge in [-0.3, -0.25) is 4.79 Å². The zero-order chi connectivity index (χ0) is 18.2. The van der Waals surface area contributed by atoms with Crippen molar-refractivity contribution in [1.82, 2.24) is 10.6 Å². The zero-order valence-electron chi connectivity index (χ0n) is 14.9. The summed E-state index contributed by atoms with van der Waals surface area (Å²) in [6.45, 7) is 2.21. The van der Waals surface area contributed by atoms with E-state index in [1.165, 1.54) is 0 Å². The third kappa shape index (κ3) is 4.89. The Bertz CT molecular complexity index is 721. The van der Waals surface area contributed by atoms with Crippen molar-refractivity contribution in [2.75, 3.05) is 26.9 Å². The molecule has 1 fully saturated rings. The number of ether oxygens (including phenoxy) is 3. The van der Waals surface area contributed by atoms with Gasteiger partial charge in [0.2, 0.25) is 5.91 Å². The summed E-state index contributed by atoms with van der Waals surface area (Å²) in [7, 11) is 1.62. The topological polar surface area (TPSA) is 68.8 Å². The third-order valence-corrected chi connectivity index (χ3v) is 4.18. The first kappa shape index (κ1) is 18.1. The molecule has 138 valence electrons. The highest BCUT2D eigenvalue weighted by molar-refractivity contribution is 5.83. The predicted molar refractivity (Wildman–Crippen MR) is 98.7 cm³/mol. The molecule has 0 spiro atoms. The number of amides is 1. The molecule has 1 atom stereocenters. The van der Waals surface area contributed by atoms with Crippen LogP contribution in [0.2, 0.25) is 0 Å². The fraction of sp³-hybridized carbons (Fsp3) is 0.350. The number of hydrogen-bond donors (Lipinski definition) is 2. The van der Waals surface area contributed by atoms with Gasteiger partial charge in [0, 0.05) is 13.1 Å². The maximum Gasteiger partial charge on any atom is 0.237 e. The molecule has 0 aliphatic carbocycles. The van der Waals surface area contributed by atoms with E-state index in [-0.39, 0.29) is 11.9 Å². The van der Waals surface area contributed by atoms with Crippen molar-refractivity contribution in [3.8, 4) is 17.2 Å². The number of methoxy groups -OCH3 is 1. The summed E-state index contributed by atoms with van der Waals surface area (Å²) in [6, 6.07) is 15.3. The fourth-order valence-corrected chi connectivity index (χ4v) is 2.80. The summed E-state index contributed by atoms with van der Waals surface area (Å²) < 4.78 is 16.8. The number of nitrogens with one attached hydrogen (secondary N) is 2. The lowest BCUT2D eigenvalue weighted by Gasteiger charge is -2.14. The van der Waals surface area contributed by atoms with Crippen molar-refractivity contribution >= 4 is 5.91 Å². The first-order valence-electron chi connectivity index (χ1n) is 8.75. The Kier molecular flexibility index (Phi) is 6.33. The lowest BCUT2D eigenvalue weighted by atomic mass is 10.1. The minimum absolute atomic E-state index is 0.0651. The van der Waals surface area contributed by atoms with Crippen LogP contribution in [-0.2, 0) is 11.3 Å². The van der Waals surface area contributed by atoms with E-state index in [0.29, 0.717) is 31.3 Å². The second-order valence-electron chi connectivity index (χ2n) is 6.01. The molecule has 2 aromatic rings. The molecule has 2 aromatic carbocycles. The summed E-state index contributed by atoms with van der Waals surface area (Å²) in [5.74, 6) is 2.22. The SMILES string of the molecule is COc1cc(CNC2CCNC2=O)ccc1OCCOc1ccccc1. The molecule has 26 heavy (non-hydrogen) atoms. The van der Waals surface area contributed by atoms with Crippen LogP contribution in [0.1, 0.15) is 12.0 Å². The smallest absolute Gasteiger partial charge is 0.237 e. The summed E-state index contributed by atoms with van der Waals surface area (Å²) in [6.07, 6.45) is 0.818. The molecular weight excluding hydrogens is 332 g/mol. The van der Waals surface area contributed by atoms with E-state index in [1.54, 1.807) is 7.11 Å². The van der Waals surface area contributed by atoms with Crippen LogP contribution in [0, 0.1) is 0 Å². The van der Waals surface area contributed by atoms with Crippen molar-refractivity contribution in [2.24, 2.45) is 0 Å². The Labute approximate surface area is 153 Å². The van der Waals surface area contributed by atoms with Gasteiger partial charge < -0.3 is 24.8 Å². The molecule has 2 N–H and O–H groups in total.